The quantitative estimate of drug-likeness (QED) is 0.432. The van der Waals surface area contributed by atoms with Crippen molar-refractivity contribution in [3.63, 3.8) is 0 Å². The fourth-order valence-corrected chi connectivity index (χ4v) is 2.33. The van der Waals surface area contributed by atoms with E-state index < -0.39 is 0 Å². The molecule has 0 saturated heterocycles. The zero-order chi connectivity index (χ0) is 14.9. The number of carbonyl (C=O) groups is 1. The molecule has 3 nitrogen and oxygen atoms in total. The maximum absolute atomic E-state index is 11.6. The lowest BCUT2D eigenvalue weighted by atomic mass is 10.2. The van der Waals surface area contributed by atoms with Gasteiger partial charge in [-0.05, 0) is 42.8 Å². The van der Waals surface area contributed by atoms with Crippen LogP contribution in [0.25, 0.3) is 0 Å². The van der Waals surface area contributed by atoms with Crippen molar-refractivity contribution in [2.24, 2.45) is 0 Å². The smallest absolute Gasteiger partial charge is 0.338 e. The van der Waals surface area contributed by atoms with Gasteiger partial charge in [-0.3, -0.25) is 0 Å². The van der Waals surface area contributed by atoms with Gasteiger partial charge in [0, 0.05) is 4.90 Å². The average molecular weight is 302 g/mol. The second-order valence-corrected chi connectivity index (χ2v) is 5.38. The third-order valence-electron chi connectivity index (χ3n) is 2.72. The molecule has 0 spiro atoms. The normalized spacial score (nSPS) is 10.1. The van der Waals surface area contributed by atoms with Crippen LogP contribution in [0.4, 0.5) is 0 Å². The van der Waals surface area contributed by atoms with Crippen LogP contribution in [0.3, 0.4) is 0 Å². The molecular formula is C17H18O3S. The van der Waals surface area contributed by atoms with Crippen molar-refractivity contribution in [3.8, 4) is 5.75 Å². The first kappa shape index (κ1) is 15.4. The number of ether oxygens (including phenoxy) is 2. The average Bonchev–Trinajstić information content (AvgIpc) is 2.54. The first-order chi connectivity index (χ1) is 10.3. The fraction of sp³-hybridized carbons (Fsp3) is 0.235. The van der Waals surface area contributed by atoms with Crippen LogP contribution in [-0.2, 0) is 4.74 Å². The van der Waals surface area contributed by atoms with Crippen LogP contribution in [0, 0.1) is 0 Å². The highest BCUT2D eigenvalue weighted by atomic mass is 32.2. The van der Waals surface area contributed by atoms with E-state index in [0.29, 0.717) is 18.1 Å². The lowest BCUT2D eigenvalue weighted by molar-refractivity contribution is 0.0505. The third-order valence-corrected chi connectivity index (χ3v) is 3.56. The van der Waals surface area contributed by atoms with E-state index in [2.05, 4.69) is 0 Å². The van der Waals surface area contributed by atoms with Crippen molar-refractivity contribution in [2.45, 2.75) is 18.2 Å². The maximum atomic E-state index is 11.6. The molecule has 4 heteroatoms. The Morgan fingerprint density at radius 3 is 2.43 bits per heavy atom. The second kappa shape index (κ2) is 8.37. The molecule has 2 aromatic rings. The second-order valence-electron chi connectivity index (χ2n) is 4.38. The summed E-state index contributed by atoms with van der Waals surface area (Å²) in [7, 11) is 0. The number of esters is 1. The molecule has 0 fully saturated rings. The summed E-state index contributed by atoms with van der Waals surface area (Å²) in [5.41, 5.74) is 0.548. The van der Waals surface area contributed by atoms with E-state index in [-0.39, 0.29) is 5.97 Å². The first-order valence-electron chi connectivity index (χ1n) is 6.87. The van der Waals surface area contributed by atoms with E-state index in [9.17, 15) is 4.79 Å². The van der Waals surface area contributed by atoms with E-state index in [1.54, 1.807) is 36.0 Å². The summed E-state index contributed by atoms with van der Waals surface area (Å²) in [5, 5.41) is 0. The predicted octanol–water partition coefficient (Wildman–Crippen LogP) is 4.38. The van der Waals surface area contributed by atoms with Gasteiger partial charge in [-0.15, -0.1) is 0 Å². The molecule has 0 aliphatic heterocycles. The van der Waals surface area contributed by atoms with Crippen LogP contribution < -0.4 is 4.74 Å². The number of hydrogen-bond acceptors (Lipinski definition) is 4. The third kappa shape index (κ3) is 5.16. The van der Waals surface area contributed by atoms with Crippen molar-refractivity contribution in [1.29, 1.82) is 0 Å². The molecule has 0 atom stereocenters. The van der Waals surface area contributed by atoms with E-state index in [1.807, 2.05) is 37.3 Å². The Bertz CT molecular complexity index is 552. The molecule has 0 aliphatic carbocycles. The molecule has 0 amide bonds. The van der Waals surface area contributed by atoms with Gasteiger partial charge in [0.1, 0.15) is 11.7 Å². The first-order valence-corrected chi connectivity index (χ1v) is 7.86. The van der Waals surface area contributed by atoms with Crippen molar-refractivity contribution in [2.75, 3.05) is 12.5 Å². The number of thioether (sulfide) groups is 1. The standard InChI is InChI=1S/C17H18O3S/c1-2-12-19-17(18)14-8-10-15(11-9-14)20-13-21-16-6-4-3-5-7-16/h3-11H,2,12-13H2,1H3. The summed E-state index contributed by atoms with van der Waals surface area (Å²) in [6.45, 7) is 2.42. The largest absolute Gasteiger partial charge is 0.483 e. The van der Waals surface area contributed by atoms with Crippen molar-refractivity contribution in [1.82, 2.24) is 0 Å². The molecule has 0 bridgehead atoms. The number of hydrogen-bond donors (Lipinski definition) is 0. The summed E-state index contributed by atoms with van der Waals surface area (Å²) in [6, 6.07) is 17.1. The predicted molar refractivity (Wildman–Crippen MR) is 84.8 cm³/mol. The van der Waals surface area contributed by atoms with Crippen LogP contribution in [-0.4, -0.2) is 18.5 Å². The zero-order valence-electron chi connectivity index (χ0n) is 12.0. The van der Waals surface area contributed by atoms with Crippen LogP contribution >= 0.6 is 11.8 Å². The Balaban J connectivity index is 1.81. The maximum Gasteiger partial charge on any atom is 0.338 e. The SMILES string of the molecule is CCCOC(=O)c1ccc(OCSc2ccccc2)cc1. The minimum absolute atomic E-state index is 0.290. The summed E-state index contributed by atoms with van der Waals surface area (Å²) in [5.74, 6) is 0.983. The summed E-state index contributed by atoms with van der Waals surface area (Å²) in [4.78, 5) is 12.8. The van der Waals surface area contributed by atoms with Gasteiger partial charge in [0.25, 0.3) is 0 Å². The van der Waals surface area contributed by atoms with Crippen molar-refractivity contribution >= 4 is 17.7 Å². The molecular weight excluding hydrogens is 284 g/mol. The number of carbonyl (C=O) groups excluding carboxylic acids is 1. The molecule has 0 N–H and O–H groups in total. The van der Waals surface area contributed by atoms with E-state index in [0.717, 1.165) is 17.1 Å². The Labute approximate surface area is 129 Å². The number of rotatable bonds is 7. The molecule has 110 valence electrons. The molecule has 0 radical (unpaired) electrons. The van der Waals surface area contributed by atoms with Crippen LogP contribution in [0.1, 0.15) is 23.7 Å². The lowest BCUT2D eigenvalue weighted by Crippen LogP contribution is -2.05. The Kier molecular flexibility index (Phi) is 6.16. The molecule has 2 rings (SSSR count). The molecule has 0 aliphatic rings. The summed E-state index contributed by atoms with van der Waals surface area (Å²) in [6.07, 6.45) is 0.823. The highest BCUT2D eigenvalue weighted by Gasteiger charge is 2.06. The minimum atomic E-state index is -0.290. The van der Waals surface area contributed by atoms with Gasteiger partial charge in [0.15, 0.2) is 0 Å². The lowest BCUT2D eigenvalue weighted by Gasteiger charge is -2.07. The highest BCUT2D eigenvalue weighted by molar-refractivity contribution is 7.99. The van der Waals surface area contributed by atoms with E-state index in [4.69, 9.17) is 9.47 Å². The Morgan fingerprint density at radius 2 is 1.76 bits per heavy atom. The van der Waals surface area contributed by atoms with Gasteiger partial charge >= 0.3 is 5.97 Å². The van der Waals surface area contributed by atoms with Gasteiger partial charge < -0.3 is 9.47 Å². The van der Waals surface area contributed by atoms with Gasteiger partial charge in [-0.2, -0.15) is 0 Å². The molecule has 0 aromatic heterocycles. The monoisotopic (exact) mass is 302 g/mol. The van der Waals surface area contributed by atoms with Gasteiger partial charge in [-0.25, -0.2) is 4.79 Å². The van der Waals surface area contributed by atoms with Gasteiger partial charge in [0.05, 0.1) is 12.2 Å². The summed E-state index contributed by atoms with van der Waals surface area (Å²) >= 11 is 1.62. The van der Waals surface area contributed by atoms with Crippen molar-refractivity contribution < 1.29 is 14.3 Å². The number of benzene rings is 2. The van der Waals surface area contributed by atoms with Crippen LogP contribution in [0.5, 0.6) is 5.75 Å². The Morgan fingerprint density at radius 1 is 1.05 bits per heavy atom. The molecule has 0 saturated carbocycles. The Hall–Kier alpha value is -1.94. The van der Waals surface area contributed by atoms with E-state index >= 15 is 0 Å². The zero-order valence-corrected chi connectivity index (χ0v) is 12.8. The minimum Gasteiger partial charge on any atom is -0.483 e. The topological polar surface area (TPSA) is 35.5 Å². The molecule has 0 heterocycles. The van der Waals surface area contributed by atoms with Crippen LogP contribution in [0.15, 0.2) is 59.5 Å². The fourth-order valence-electron chi connectivity index (χ4n) is 1.65. The van der Waals surface area contributed by atoms with Crippen LogP contribution in [0.2, 0.25) is 0 Å². The van der Waals surface area contributed by atoms with Gasteiger partial charge in [0.2, 0.25) is 0 Å². The van der Waals surface area contributed by atoms with Gasteiger partial charge in [-0.1, -0.05) is 36.9 Å². The highest BCUT2D eigenvalue weighted by Crippen LogP contribution is 2.20. The van der Waals surface area contributed by atoms with Crippen molar-refractivity contribution in [3.05, 3.63) is 60.2 Å². The molecule has 21 heavy (non-hydrogen) atoms. The van der Waals surface area contributed by atoms with E-state index in [1.165, 1.54) is 0 Å². The molecule has 2 aromatic carbocycles. The molecule has 0 unspecified atom stereocenters. The summed E-state index contributed by atoms with van der Waals surface area (Å²) < 4.78 is 10.7.